The molecule has 3 N–H and O–H groups in total. The van der Waals surface area contributed by atoms with E-state index in [0.717, 1.165) is 0 Å². The number of benzene rings is 1. The molecule has 4 amide bonds. The van der Waals surface area contributed by atoms with Crippen molar-refractivity contribution in [2.45, 2.75) is 104 Å². The number of fused-ring (bicyclic) bond motifs is 1. The molecule has 2 aliphatic rings. The van der Waals surface area contributed by atoms with Crippen LogP contribution in [0.2, 0.25) is 0 Å². The Hall–Kier alpha value is -3.48. The third kappa shape index (κ3) is 8.65. The Balaban J connectivity index is 1.74. The summed E-state index contributed by atoms with van der Waals surface area (Å²) in [6, 6.07) is 4.71. The van der Waals surface area contributed by atoms with Crippen LogP contribution >= 0.6 is 0 Å². The summed E-state index contributed by atoms with van der Waals surface area (Å²) in [6.07, 6.45) is -0.102. The van der Waals surface area contributed by atoms with Gasteiger partial charge in [0.25, 0.3) is 5.91 Å². The van der Waals surface area contributed by atoms with E-state index < -0.39 is 74.3 Å². The molecule has 256 valence electrons. The van der Waals surface area contributed by atoms with Crippen LogP contribution in [-0.2, 0) is 33.8 Å². The first-order chi connectivity index (χ1) is 21.1. The van der Waals surface area contributed by atoms with Crippen molar-refractivity contribution in [2.75, 3.05) is 18.8 Å². The summed E-state index contributed by atoms with van der Waals surface area (Å²) in [5.74, 6) is -3.41. The Kier molecular flexibility index (Phi) is 11.0. The molecule has 2 fully saturated rings. The maximum absolute atomic E-state index is 14.0. The number of ether oxygens (including phenoxy) is 1. The van der Waals surface area contributed by atoms with Crippen molar-refractivity contribution in [2.24, 2.45) is 22.7 Å². The Bertz CT molecular complexity index is 1430. The lowest BCUT2D eigenvalue weighted by atomic mass is 9.85. The van der Waals surface area contributed by atoms with Gasteiger partial charge >= 0.3 is 6.09 Å². The second kappa shape index (κ2) is 13.7. The first-order valence-corrected chi connectivity index (χ1v) is 17.5. The van der Waals surface area contributed by atoms with Crippen molar-refractivity contribution in [3.8, 4) is 0 Å². The minimum Gasteiger partial charge on any atom is -0.444 e. The highest BCUT2D eigenvalue weighted by Crippen LogP contribution is 2.65. The maximum Gasteiger partial charge on any atom is 0.408 e. The number of hydrogen-bond acceptors (Lipinski definition) is 8. The number of carbonyl (C=O) groups is 5. The average Bonchev–Trinajstić information content (AvgIpc) is 3.26. The molecule has 1 aliphatic carbocycles. The van der Waals surface area contributed by atoms with Crippen LogP contribution in [-0.4, -0.2) is 85.5 Å². The quantitative estimate of drug-likeness (QED) is 0.287. The lowest BCUT2D eigenvalue weighted by Crippen LogP contribution is -2.60. The summed E-state index contributed by atoms with van der Waals surface area (Å²) in [4.78, 5) is 68.2. The normalized spacial score (nSPS) is 21.8. The number of hydrogen-bond donors (Lipinski definition) is 3. The van der Waals surface area contributed by atoms with Crippen LogP contribution in [0, 0.1) is 22.7 Å². The Morgan fingerprint density at radius 2 is 1.61 bits per heavy atom. The van der Waals surface area contributed by atoms with Crippen LogP contribution in [0.25, 0.3) is 0 Å². The third-order valence-corrected chi connectivity index (χ3v) is 10.5. The second-order valence-electron chi connectivity index (χ2n) is 14.9. The zero-order valence-corrected chi connectivity index (χ0v) is 29.2. The molecule has 0 aromatic heterocycles. The summed E-state index contributed by atoms with van der Waals surface area (Å²) < 4.78 is 30.5. The van der Waals surface area contributed by atoms with Crippen LogP contribution < -0.4 is 16.0 Å². The molecule has 0 spiro atoms. The van der Waals surface area contributed by atoms with Gasteiger partial charge in [0.05, 0.1) is 16.7 Å². The number of sulfone groups is 1. The average molecular weight is 663 g/mol. The molecule has 12 nitrogen and oxygen atoms in total. The molecule has 1 aliphatic heterocycles. The van der Waals surface area contributed by atoms with E-state index in [0.29, 0.717) is 13.0 Å². The van der Waals surface area contributed by atoms with Crippen molar-refractivity contribution >= 4 is 39.4 Å². The van der Waals surface area contributed by atoms with Crippen LogP contribution in [0.4, 0.5) is 4.79 Å². The molecule has 1 saturated carbocycles. The Labute approximate surface area is 272 Å². The standard InChI is InChI=1S/C33H50N4O8S/c1-10-14-22(25(38)28(40)34-17-18-46(43,44)20-15-12-11-13-16-20)35-27(39)24-23-21(33(23,8)9)19-37(24)29(41)26(31(2,3)4)36-30(42)45-32(5,6)7/h11-13,15-16,21-24,26H,10,14,17-19H2,1-9H3,(H,34,40)(H,35,39)(H,36,42)/t21-,22+,23-,24-,26?/m0/s1. The summed E-state index contributed by atoms with van der Waals surface area (Å²) in [5.41, 5.74) is -1.72. The van der Waals surface area contributed by atoms with Crippen molar-refractivity contribution in [3.05, 3.63) is 30.3 Å². The van der Waals surface area contributed by atoms with Gasteiger partial charge in [-0.2, -0.15) is 0 Å². The van der Waals surface area contributed by atoms with Gasteiger partial charge in [0.1, 0.15) is 17.7 Å². The fourth-order valence-electron chi connectivity index (χ4n) is 6.16. The monoisotopic (exact) mass is 662 g/mol. The van der Waals surface area contributed by atoms with E-state index in [9.17, 15) is 32.4 Å². The summed E-state index contributed by atoms with van der Waals surface area (Å²) in [5, 5.41) is 7.81. The van der Waals surface area contributed by atoms with Gasteiger partial charge in [-0.1, -0.05) is 66.2 Å². The number of piperidine rings is 1. The molecule has 0 radical (unpaired) electrons. The summed E-state index contributed by atoms with van der Waals surface area (Å²) in [7, 11) is -3.67. The van der Waals surface area contributed by atoms with Gasteiger partial charge in [0, 0.05) is 13.1 Å². The summed E-state index contributed by atoms with van der Waals surface area (Å²) in [6.45, 7) is 16.5. The van der Waals surface area contributed by atoms with Gasteiger partial charge in [-0.05, 0) is 62.0 Å². The molecular weight excluding hydrogens is 612 g/mol. The number of carbonyl (C=O) groups excluding carboxylic acids is 5. The lowest BCUT2D eigenvalue weighted by Gasteiger charge is -2.38. The third-order valence-electron chi connectivity index (χ3n) is 8.73. The van der Waals surface area contributed by atoms with Gasteiger partial charge < -0.3 is 25.6 Å². The van der Waals surface area contributed by atoms with E-state index in [1.165, 1.54) is 17.0 Å². The minimum absolute atomic E-state index is 0.0459. The minimum atomic E-state index is -3.67. The van der Waals surface area contributed by atoms with E-state index in [1.54, 1.807) is 45.9 Å². The first kappa shape index (κ1) is 37.0. The number of alkyl carbamates (subject to hydrolysis) is 1. The number of Topliss-reactive ketones (excluding diaryl/α,β-unsaturated/α-hetero) is 1. The van der Waals surface area contributed by atoms with Crippen LogP contribution in [0.3, 0.4) is 0 Å². The Morgan fingerprint density at radius 3 is 2.15 bits per heavy atom. The molecular formula is C33H50N4O8S. The van der Waals surface area contributed by atoms with E-state index in [1.807, 2.05) is 34.6 Å². The fourth-order valence-corrected chi connectivity index (χ4v) is 7.34. The van der Waals surface area contributed by atoms with E-state index in [-0.39, 0.29) is 35.1 Å². The number of nitrogens with zero attached hydrogens (tertiary/aromatic N) is 1. The lowest BCUT2D eigenvalue weighted by molar-refractivity contribution is -0.145. The topological polar surface area (TPSA) is 168 Å². The van der Waals surface area contributed by atoms with Crippen molar-refractivity contribution in [3.63, 3.8) is 0 Å². The van der Waals surface area contributed by atoms with Crippen molar-refractivity contribution in [1.82, 2.24) is 20.9 Å². The van der Waals surface area contributed by atoms with Crippen LogP contribution in [0.1, 0.15) is 75.2 Å². The van der Waals surface area contributed by atoms with E-state index in [2.05, 4.69) is 16.0 Å². The molecule has 1 aromatic carbocycles. The smallest absolute Gasteiger partial charge is 0.408 e. The predicted molar refractivity (Wildman–Crippen MR) is 172 cm³/mol. The highest BCUT2D eigenvalue weighted by Gasteiger charge is 2.70. The van der Waals surface area contributed by atoms with E-state index >= 15 is 0 Å². The fraction of sp³-hybridized carbons (Fsp3) is 0.667. The molecule has 1 aromatic rings. The summed E-state index contributed by atoms with van der Waals surface area (Å²) >= 11 is 0. The zero-order chi connectivity index (χ0) is 34.8. The number of nitrogens with one attached hydrogen (secondary N) is 3. The first-order valence-electron chi connectivity index (χ1n) is 15.8. The highest BCUT2D eigenvalue weighted by atomic mass is 32.2. The van der Waals surface area contributed by atoms with Crippen LogP contribution in [0.5, 0.6) is 0 Å². The molecule has 3 rings (SSSR count). The molecule has 1 unspecified atom stereocenters. The van der Waals surface area contributed by atoms with Gasteiger partial charge in [0.2, 0.25) is 17.6 Å². The predicted octanol–water partition coefficient (Wildman–Crippen LogP) is 2.85. The van der Waals surface area contributed by atoms with Gasteiger partial charge in [-0.15, -0.1) is 0 Å². The molecule has 1 saturated heterocycles. The molecule has 46 heavy (non-hydrogen) atoms. The molecule has 5 atom stereocenters. The SMILES string of the molecule is CCC[C@@H](NC(=O)[C@@H]1[C@@H]2[C@H](CN1C(=O)C(NC(=O)OC(C)(C)C)C(C)(C)C)C2(C)C)C(=O)C(=O)NCCS(=O)(=O)c1ccccc1. The van der Waals surface area contributed by atoms with Gasteiger partial charge in [-0.25, -0.2) is 13.2 Å². The second-order valence-corrected chi connectivity index (χ2v) is 17.0. The maximum atomic E-state index is 14.0. The zero-order valence-electron chi connectivity index (χ0n) is 28.4. The number of ketones is 1. The van der Waals surface area contributed by atoms with E-state index in [4.69, 9.17) is 4.74 Å². The van der Waals surface area contributed by atoms with Crippen molar-refractivity contribution < 1.29 is 37.1 Å². The van der Waals surface area contributed by atoms with Crippen LogP contribution in [0.15, 0.2) is 35.2 Å². The molecule has 0 bridgehead atoms. The van der Waals surface area contributed by atoms with Crippen molar-refractivity contribution in [1.29, 1.82) is 0 Å². The molecule has 1 heterocycles. The highest BCUT2D eigenvalue weighted by molar-refractivity contribution is 7.91. The number of rotatable bonds is 12. The number of amides is 4. The largest absolute Gasteiger partial charge is 0.444 e. The molecule has 13 heteroatoms. The van der Waals surface area contributed by atoms with Gasteiger partial charge in [-0.3, -0.25) is 19.2 Å². The van der Waals surface area contributed by atoms with Gasteiger partial charge in [0.15, 0.2) is 9.84 Å². The Morgan fingerprint density at radius 1 is 1.00 bits per heavy atom. The number of likely N-dealkylation sites (tertiary alicyclic amines) is 1.